The van der Waals surface area contributed by atoms with Crippen LogP contribution in [0.15, 0.2) is 0 Å². The summed E-state index contributed by atoms with van der Waals surface area (Å²) >= 11 is 0. The van der Waals surface area contributed by atoms with Gasteiger partial charge in [-0.2, -0.15) is 0 Å². The molecule has 0 amide bonds. The minimum atomic E-state index is 0.857. The summed E-state index contributed by atoms with van der Waals surface area (Å²) in [5.41, 5.74) is 8.39. The van der Waals surface area contributed by atoms with Gasteiger partial charge < -0.3 is 0 Å². The molecule has 0 spiro atoms. The van der Waals surface area contributed by atoms with Crippen molar-refractivity contribution < 1.29 is 0 Å². The largest absolute Gasteiger partial charge is 0.0878 e. The van der Waals surface area contributed by atoms with E-state index in [4.69, 9.17) is 5.73 Å². The van der Waals surface area contributed by atoms with Crippen LogP contribution in [0.2, 0.25) is 0 Å². The Morgan fingerprint density at radius 3 is 0.833 bits per heavy atom. The summed E-state index contributed by atoms with van der Waals surface area (Å²) in [4.78, 5) is 0. The van der Waals surface area contributed by atoms with Gasteiger partial charge in [0, 0.05) is 6.42 Å². The fourth-order valence-corrected chi connectivity index (χ4v) is 4.41. The lowest BCUT2D eigenvalue weighted by Crippen LogP contribution is -1.84. The lowest BCUT2D eigenvalue weighted by atomic mass is 10.0. The van der Waals surface area contributed by atoms with E-state index in [2.05, 4.69) is 12.8 Å². The van der Waals surface area contributed by atoms with Crippen LogP contribution in [0.4, 0.5) is 0 Å². The SMILES string of the molecule is CCCCCCCCCCCCCCCCCCCCCCCCCCCC#C[N]. The summed E-state index contributed by atoms with van der Waals surface area (Å²) in [7, 11) is 0. The zero-order chi connectivity index (χ0) is 21.8. The summed E-state index contributed by atoms with van der Waals surface area (Å²) in [5, 5.41) is 0. The van der Waals surface area contributed by atoms with Crippen LogP contribution in [0.25, 0.3) is 0 Å². The molecule has 0 saturated heterocycles. The highest BCUT2D eigenvalue weighted by Gasteiger charge is 1.96. The molecule has 0 rings (SSSR count). The number of rotatable bonds is 25. The summed E-state index contributed by atoms with van der Waals surface area (Å²) in [6.07, 6.45) is 36.6. The second kappa shape index (κ2) is 28.4. The van der Waals surface area contributed by atoms with E-state index in [-0.39, 0.29) is 0 Å². The first-order chi connectivity index (χ1) is 14.9. The molecule has 0 bridgehead atoms. The van der Waals surface area contributed by atoms with Gasteiger partial charge in [0.05, 0.1) is 6.04 Å². The number of unbranched alkanes of at least 4 members (excludes halogenated alkanes) is 25. The van der Waals surface area contributed by atoms with Gasteiger partial charge >= 0.3 is 0 Å². The Hall–Kier alpha value is -0.640. The maximum Gasteiger partial charge on any atom is 0.0584 e. The molecule has 0 aliphatic heterocycles. The minimum Gasteiger partial charge on any atom is -0.0878 e. The van der Waals surface area contributed by atoms with Crippen LogP contribution >= 0.6 is 0 Å². The fourth-order valence-electron chi connectivity index (χ4n) is 4.41. The van der Waals surface area contributed by atoms with Crippen molar-refractivity contribution in [3.8, 4) is 12.0 Å². The second-order valence-corrected chi connectivity index (χ2v) is 9.52. The maximum atomic E-state index is 8.39. The standard InChI is InChI=1S/C29H55N/c1-2-3-4-5-6-7-8-9-10-11-12-13-14-15-16-17-18-19-20-21-22-23-24-25-26-27-28-29-30/h2-27H2,1H3. The summed E-state index contributed by atoms with van der Waals surface area (Å²) in [5.74, 6) is 2.72. The highest BCUT2D eigenvalue weighted by molar-refractivity contribution is 4.92. The molecule has 0 aromatic heterocycles. The molecule has 1 heteroatoms. The molecule has 1 nitrogen and oxygen atoms in total. The van der Waals surface area contributed by atoms with E-state index in [1.807, 2.05) is 6.04 Å². The Bertz CT molecular complexity index is 351. The predicted octanol–water partition coefficient (Wildman–Crippen LogP) is 10.2. The van der Waals surface area contributed by atoms with Crippen molar-refractivity contribution in [3.63, 3.8) is 0 Å². The molecule has 0 saturated carbocycles. The fraction of sp³-hybridized carbons (Fsp3) is 0.931. The Kier molecular flexibility index (Phi) is 27.8. The first kappa shape index (κ1) is 29.4. The van der Waals surface area contributed by atoms with Crippen LogP contribution in [-0.4, -0.2) is 0 Å². The molecule has 30 heavy (non-hydrogen) atoms. The topological polar surface area (TPSA) is 22.3 Å². The molecule has 0 aromatic carbocycles. The van der Waals surface area contributed by atoms with E-state index in [1.54, 1.807) is 0 Å². The van der Waals surface area contributed by atoms with Gasteiger partial charge in [0.25, 0.3) is 0 Å². The Morgan fingerprint density at radius 2 is 0.600 bits per heavy atom. The van der Waals surface area contributed by atoms with E-state index >= 15 is 0 Å². The zero-order valence-corrected chi connectivity index (χ0v) is 20.8. The van der Waals surface area contributed by atoms with E-state index in [0.717, 1.165) is 12.8 Å². The molecule has 0 unspecified atom stereocenters. The molecule has 0 N–H and O–H groups in total. The number of nitrogens with zero attached hydrogens (tertiary/aromatic N) is 1. The van der Waals surface area contributed by atoms with Crippen LogP contribution in [-0.2, 0) is 0 Å². The second-order valence-electron chi connectivity index (χ2n) is 9.52. The first-order valence-corrected chi connectivity index (χ1v) is 14.0. The maximum absolute atomic E-state index is 8.39. The molecule has 0 aliphatic rings. The minimum absolute atomic E-state index is 0.857. The Morgan fingerprint density at radius 1 is 0.367 bits per heavy atom. The van der Waals surface area contributed by atoms with Gasteiger partial charge in [0.1, 0.15) is 0 Å². The third-order valence-corrected chi connectivity index (χ3v) is 6.48. The van der Waals surface area contributed by atoms with Crippen molar-refractivity contribution in [2.45, 2.75) is 174 Å². The van der Waals surface area contributed by atoms with Crippen molar-refractivity contribution in [2.24, 2.45) is 0 Å². The molecule has 0 atom stereocenters. The monoisotopic (exact) mass is 417 g/mol. The van der Waals surface area contributed by atoms with Crippen molar-refractivity contribution in [3.05, 3.63) is 0 Å². The summed E-state index contributed by atoms with van der Waals surface area (Å²) in [6.45, 7) is 2.30. The Labute approximate surface area is 191 Å². The van der Waals surface area contributed by atoms with E-state index in [1.165, 1.54) is 154 Å². The van der Waals surface area contributed by atoms with Gasteiger partial charge in [-0.1, -0.05) is 173 Å². The van der Waals surface area contributed by atoms with Crippen LogP contribution < -0.4 is 5.73 Å². The van der Waals surface area contributed by atoms with Gasteiger partial charge in [-0.25, -0.2) is 0 Å². The molecule has 0 aromatic rings. The van der Waals surface area contributed by atoms with Crippen molar-refractivity contribution >= 4 is 0 Å². The molecule has 0 aliphatic carbocycles. The highest BCUT2D eigenvalue weighted by atomic mass is 14.4. The summed E-state index contributed by atoms with van der Waals surface area (Å²) in [6, 6.07) is 1.99. The van der Waals surface area contributed by atoms with Gasteiger partial charge in [-0.3, -0.25) is 0 Å². The molecule has 176 valence electrons. The van der Waals surface area contributed by atoms with Crippen LogP contribution in [0, 0.1) is 12.0 Å². The Balaban J connectivity index is 2.99. The quantitative estimate of drug-likeness (QED) is 0.104. The van der Waals surface area contributed by atoms with Gasteiger partial charge in [-0.15, -0.1) is 0 Å². The van der Waals surface area contributed by atoms with Crippen molar-refractivity contribution in [2.75, 3.05) is 0 Å². The zero-order valence-electron chi connectivity index (χ0n) is 20.8. The molecule has 0 fully saturated rings. The van der Waals surface area contributed by atoms with Gasteiger partial charge in [0.15, 0.2) is 0 Å². The highest BCUT2D eigenvalue weighted by Crippen LogP contribution is 2.15. The van der Waals surface area contributed by atoms with E-state index in [0.29, 0.717) is 0 Å². The number of hydrogen-bond acceptors (Lipinski definition) is 0. The average molecular weight is 418 g/mol. The molecule has 2 radical (unpaired) electrons. The summed E-state index contributed by atoms with van der Waals surface area (Å²) < 4.78 is 0. The van der Waals surface area contributed by atoms with Crippen LogP contribution in [0.3, 0.4) is 0 Å². The average Bonchev–Trinajstić information content (AvgIpc) is 2.76. The smallest absolute Gasteiger partial charge is 0.0584 e. The van der Waals surface area contributed by atoms with Crippen molar-refractivity contribution in [1.29, 1.82) is 0 Å². The van der Waals surface area contributed by atoms with Gasteiger partial charge in [-0.05, 0) is 6.42 Å². The lowest BCUT2D eigenvalue weighted by Gasteiger charge is -2.04. The normalized spacial score (nSPS) is 10.8. The third-order valence-electron chi connectivity index (χ3n) is 6.48. The third kappa shape index (κ3) is 27.4. The van der Waals surface area contributed by atoms with Crippen LogP contribution in [0.1, 0.15) is 174 Å². The first-order valence-electron chi connectivity index (χ1n) is 14.0. The molecule has 0 heterocycles. The van der Waals surface area contributed by atoms with Gasteiger partial charge in [0.2, 0.25) is 0 Å². The van der Waals surface area contributed by atoms with Crippen molar-refractivity contribution in [1.82, 2.24) is 5.73 Å². The lowest BCUT2D eigenvalue weighted by molar-refractivity contribution is 0.516. The predicted molar refractivity (Wildman–Crippen MR) is 136 cm³/mol. The molecular weight excluding hydrogens is 362 g/mol. The van der Waals surface area contributed by atoms with Crippen LogP contribution in [0.5, 0.6) is 0 Å². The van der Waals surface area contributed by atoms with E-state index in [9.17, 15) is 0 Å². The molecular formula is C29H55N. The van der Waals surface area contributed by atoms with E-state index < -0.39 is 0 Å². The number of hydrogen-bond donors (Lipinski definition) is 0.